The highest BCUT2D eigenvalue weighted by Gasteiger charge is 2.15. The summed E-state index contributed by atoms with van der Waals surface area (Å²) in [4.78, 5) is 47.0. The van der Waals surface area contributed by atoms with Crippen LogP contribution in [0.2, 0.25) is 0 Å². The number of anilines is 4. The number of amidine groups is 2. The first kappa shape index (κ1) is 30.8. The highest BCUT2D eigenvalue weighted by Crippen LogP contribution is 2.23. The normalized spacial score (nSPS) is 13.9. The molecule has 2 heterocycles. The zero-order chi connectivity index (χ0) is 29.3. The van der Waals surface area contributed by atoms with E-state index in [1.807, 2.05) is 24.3 Å². The lowest BCUT2D eigenvalue weighted by molar-refractivity contribution is 0.0964. The minimum Gasteiger partial charge on any atom is -0.370 e. The lowest BCUT2D eigenvalue weighted by atomic mass is 10.1. The van der Waals surface area contributed by atoms with Crippen molar-refractivity contribution in [2.45, 2.75) is 12.8 Å². The van der Waals surface area contributed by atoms with Crippen molar-refractivity contribution >= 4 is 64.8 Å². The van der Waals surface area contributed by atoms with Gasteiger partial charge in [0.15, 0.2) is 0 Å². The van der Waals surface area contributed by atoms with Gasteiger partial charge in [-0.3, -0.25) is 14.8 Å². The van der Waals surface area contributed by atoms with E-state index in [0.717, 1.165) is 61.8 Å². The van der Waals surface area contributed by atoms with Crippen molar-refractivity contribution in [1.29, 1.82) is 0 Å². The summed E-state index contributed by atoms with van der Waals surface area (Å²) in [7, 11) is 1.50. The molecule has 0 saturated heterocycles. The molecule has 0 atom stereocenters. The predicted octanol–water partition coefficient (Wildman–Crippen LogP) is 4.24. The maximum Gasteiger partial charge on any atom is 0.323 e. The van der Waals surface area contributed by atoms with E-state index >= 15 is 0 Å². The molecule has 2 aliphatic heterocycles. The number of rotatable bonds is 7. The van der Waals surface area contributed by atoms with Crippen molar-refractivity contribution in [2.75, 3.05) is 54.5 Å². The number of carbonyl (C=O) groups is 3. The van der Waals surface area contributed by atoms with Gasteiger partial charge < -0.3 is 37.2 Å². The second-order valence-electron chi connectivity index (χ2n) is 9.67. The molecule has 0 radical (unpaired) electrons. The van der Waals surface area contributed by atoms with Crippen LogP contribution in [0.1, 0.15) is 34.3 Å². The lowest BCUT2D eigenvalue weighted by Gasteiger charge is -2.16. The molecule has 0 saturated carbocycles. The molecule has 0 aromatic heterocycles. The Bertz CT molecular complexity index is 1520. The van der Waals surface area contributed by atoms with Crippen LogP contribution in [0.4, 0.5) is 32.3 Å². The Hall–Kier alpha value is -5.10. The first-order valence-corrected chi connectivity index (χ1v) is 13.8. The molecular weight excluding hydrogens is 570 g/mol. The Balaban J connectivity index is 0.00000423. The largest absolute Gasteiger partial charge is 0.370 e. The summed E-state index contributed by atoms with van der Waals surface area (Å²) in [5.41, 5.74) is 3.91. The monoisotopic (exact) mass is 603 g/mol. The lowest BCUT2D eigenvalue weighted by Crippen LogP contribution is -2.30. The number of nitrogens with one attached hydrogen (secondary N) is 7. The molecule has 2 aliphatic rings. The highest BCUT2D eigenvalue weighted by atomic mass is 35.5. The minimum absolute atomic E-state index is 0. The summed E-state index contributed by atoms with van der Waals surface area (Å²) in [6.45, 7) is 3.35. The summed E-state index contributed by atoms with van der Waals surface area (Å²) in [5.74, 6) is 1.30. The van der Waals surface area contributed by atoms with E-state index in [1.54, 1.807) is 30.3 Å². The Kier molecular flexibility index (Phi) is 10.5. The van der Waals surface area contributed by atoms with Gasteiger partial charge in [-0.1, -0.05) is 0 Å². The van der Waals surface area contributed by atoms with Gasteiger partial charge in [-0.2, -0.15) is 0 Å². The number of nitrogens with zero attached hydrogens (tertiary/aromatic N) is 2. The molecular formula is C30H34ClN9O3. The molecule has 3 aromatic carbocycles. The summed E-state index contributed by atoms with van der Waals surface area (Å²) >= 11 is 0. The van der Waals surface area contributed by atoms with Crippen LogP contribution in [0.15, 0.2) is 76.7 Å². The van der Waals surface area contributed by atoms with Gasteiger partial charge in [-0.25, -0.2) is 9.59 Å². The number of hydrogen-bond acceptors (Lipinski definition) is 7. The third-order valence-corrected chi connectivity index (χ3v) is 6.62. The van der Waals surface area contributed by atoms with Crippen molar-refractivity contribution in [3.05, 3.63) is 83.4 Å². The molecule has 0 aliphatic carbocycles. The van der Waals surface area contributed by atoms with Gasteiger partial charge in [-0.15, -0.1) is 12.4 Å². The van der Waals surface area contributed by atoms with Crippen LogP contribution < -0.4 is 37.2 Å². The molecule has 0 unspecified atom stereocenters. The van der Waals surface area contributed by atoms with Crippen LogP contribution in [0.5, 0.6) is 0 Å². The number of urea groups is 2. The quantitative estimate of drug-likeness (QED) is 0.215. The standard InChI is InChI=1S/C30H33N9O3.ClH/c1-31-28(40)24-13-12-23(38-29(41)36-21-8-4-19(5-9-21)26-32-14-2-15-33-26)18-25(24)39-30(42)37-22-10-6-20(7-11-22)27-34-16-3-17-35-27;/h4-13,18H,2-3,14-17H2,1H3,(H,31,40)(H,32,33)(H,34,35)(H2,36,38,41)(H2,37,39,42);1H. The van der Waals surface area contributed by atoms with E-state index in [2.05, 4.69) is 47.2 Å². The SMILES string of the molecule is CNC(=O)c1ccc(NC(=O)Nc2ccc(C3=NCCCN3)cc2)cc1NC(=O)Nc1ccc(C2=NCCCN2)cc1.Cl. The molecule has 13 heteroatoms. The average molecular weight is 604 g/mol. The maximum absolute atomic E-state index is 12.8. The smallest absolute Gasteiger partial charge is 0.323 e. The summed E-state index contributed by atoms with van der Waals surface area (Å²) in [6, 6.07) is 18.3. The minimum atomic E-state index is -0.542. The first-order valence-electron chi connectivity index (χ1n) is 13.8. The Morgan fingerprint density at radius 3 is 1.58 bits per heavy atom. The van der Waals surface area contributed by atoms with E-state index in [9.17, 15) is 14.4 Å². The summed E-state index contributed by atoms with van der Waals surface area (Å²) in [6.07, 6.45) is 2.02. The van der Waals surface area contributed by atoms with Crippen molar-refractivity contribution in [2.24, 2.45) is 9.98 Å². The zero-order valence-corrected chi connectivity index (χ0v) is 24.4. The van der Waals surface area contributed by atoms with Crippen molar-refractivity contribution in [3.63, 3.8) is 0 Å². The van der Waals surface area contributed by atoms with E-state index in [0.29, 0.717) is 17.1 Å². The number of benzene rings is 3. The average Bonchev–Trinajstić information content (AvgIpc) is 3.02. The molecule has 7 N–H and O–H groups in total. The van der Waals surface area contributed by atoms with Crippen molar-refractivity contribution < 1.29 is 14.4 Å². The van der Waals surface area contributed by atoms with Gasteiger partial charge in [0.1, 0.15) is 11.7 Å². The molecule has 5 amide bonds. The molecule has 3 aromatic rings. The van der Waals surface area contributed by atoms with Crippen molar-refractivity contribution in [1.82, 2.24) is 16.0 Å². The number of halogens is 1. The number of hydrogen-bond donors (Lipinski definition) is 7. The van der Waals surface area contributed by atoms with Gasteiger partial charge in [-0.05, 0) is 79.6 Å². The third kappa shape index (κ3) is 8.23. The molecule has 0 fully saturated rings. The van der Waals surface area contributed by atoms with Gasteiger partial charge in [0, 0.05) is 61.4 Å². The molecule has 224 valence electrons. The molecule has 12 nitrogen and oxygen atoms in total. The van der Waals surface area contributed by atoms with Crippen molar-refractivity contribution in [3.8, 4) is 0 Å². The van der Waals surface area contributed by atoms with Gasteiger partial charge in [0.05, 0.1) is 11.3 Å². The Morgan fingerprint density at radius 1 is 0.651 bits per heavy atom. The second-order valence-corrected chi connectivity index (χ2v) is 9.67. The van der Waals surface area contributed by atoms with Crippen LogP contribution in [0.25, 0.3) is 0 Å². The van der Waals surface area contributed by atoms with E-state index in [4.69, 9.17) is 0 Å². The molecule has 5 rings (SSSR count). The van der Waals surface area contributed by atoms with E-state index in [1.165, 1.54) is 19.2 Å². The number of amides is 5. The fourth-order valence-corrected chi connectivity index (χ4v) is 4.51. The third-order valence-electron chi connectivity index (χ3n) is 6.62. The van der Waals surface area contributed by atoms with Crippen LogP contribution in [-0.2, 0) is 0 Å². The van der Waals surface area contributed by atoms with E-state index < -0.39 is 12.1 Å². The zero-order valence-electron chi connectivity index (χ0n) is 23.6. The Morgan fingerprint density at radius 2 is 1.12 bits per heavy atom. The first-order chi connectivity index (χ1) is 20.5. The van der Waals surface area contributed by atoms with Gasteiger partial charge in [0.2, 0.25) is 0 Å². The Labute approximate surface area is 255 Å². The van der Waals surface area contributed by atoms with Gasteiger partial charge >= 0.3 is 12.1 Å². The highest BCUT2D eigenvalue weighted by molar-refractivity contribution is 6.08. The van der Waals surface area contributed by atoms with Crippen LogP contribution in [0.3, 0.4) is 0 Å². The van der Waals surface area contributed by atoms with Gasteiger partial charge in [0.25, 0.3) is 5.91 Å². The fourth-order valence-electron chi connectivity index (χ4n) is 4.51. The van der Waals surface area contributed by atoms with Crippen LogP contribution in [-0.4, -0.2) is 62.9 Å². The van der Waals surface area contributed by atoms with E-state index in [-0.39, 0.29) is 29.6 Å². The fraction of sp³-hybridized carbons (Fsp3) is 0.233. The molecule has 0 spiro atoms. The second kappa shape index (κ2) is 14.7. The predicted molar refractivity (Wildman–Crippen MR) is 173 cm³/mol. The number of carbonyl (C=O) groups excluding carboxylic acids is 3. The topological polar surface area (TPSA) is 160 Å². The van der Waals surface area contributed by atoms with Crippen LogP contribution in [0, 0.1) is 0 Å². The van der Waals surface area contributed by atoms with Crippen LogP contribution >= 0.6 is 12.4 Å². The number of aliphatic imine (C=N–C) groups is 2. The maximum atomic E-state index is 12.8. The molecule has 0 bridgehead atoms. The molecule has 43 heavy (non-hydrogen) atoms. The summed E-state index contributed by atoms with van der Waals surface area (Å²) in [5, 5.41) is 20.1. The summed E-state index contributed by atoms with van der Waals surface area (Å²) < 4.78 is 0.